The first-order valence-corrected chi connectivity index (χ1v) is 9.19. The molecule has 0 N–H and O–H groups in total. The minimum Gasteiger partial charge on any atom is -0.0807 e. The highest BCUT2D eigenvalue weighted by molar-refractivity contribution is 5.33. The van der Waals surface area contributed by atoms with Crippen molar-refractivity contribution < 1.29 is 0 Å². The van der Waals surface area contributed by atoms with E-state index in [1.54, 1.807) is 5.57 Å². The van der Waals surface area contributed by atoms with Crippen LogP contribution in [0.3, 0.4) is 0 Å². The Morgan fingerprint density at radius 3 is 2.61 bits per heavy atom. The molecule has 0 radical (unpaired) electrons. The van der Waals surface area contributed by atoms with Gasteiger partial charge in [-0.1, -0.05) is 81.5 Å². The zero-order valence-electron chi connectivity index (χ0n) is 14.8. The van der Waals surface area contributed by atoms with Crippen LogP contribution in [0.25, 0.3) is 0 Å². The first kappa shape index (κ1) is 16.3. The van der Waals surface area contributed by atoms with Gasteiger partial charge in [0.25, 0.3) is 0 Å². The smallest absolute Gasteiger partial charge is 0.00692 e. The van der Waals surface area contributed by atoms with Gasteiger partial charge in [-0.25, -0.2) is 0 Å². The predicted octanol–water partition coefficient (Wildman–Crippen LogP) is 6.46. The summed E-state index contributed by atoms with van der Waals surface area (Å²) in [7, 11) is 0. The SMILES string of the molecule is CC(C)C1CCC(C)(c2ccccc2)CC1C1=CCC=CC=C1. The molecule has 0 spiro atoms. The number of allylic oxidation sites excluding steroid dienone is 6. The van der Waals surface area contributed by atoms with Crippen LogP contribution < -0.4 is 0 Å². The average Bonchev–Trinajstić information content (AvgIpc) is 2.84. The predicted molar refractivity (Wildman–Crippen MR) is 100 cm³/mol. The molecule has 1 aromatic carbocycles. The minimum atomic E-state index is 0.311. The van der Waals surface area contributed by atoms with E-state index in [1.165, 1.54) is 24.8 Å². The largest absolute Gasteiger partial charge is 0.0807 e. The van der Waals surface area contributed by atoms with Crippen LogP contribution in [0.2, 0.25) is 0 Å². The maximum Gasteiger partial charge on any atom is -0.00692 e. The topological polar surface area (TPSA) is 0 Å². The van der Waals surface area contributed by atoms with E-state index in [9.17, 15) is 0 Å². The summed E-state index contributed by atoms with van der Waals surface area (Å²) in [5, 5.41) is 0. The van der Waals surface area contributed by atoms with E-state index < -0.39 is 0 Å². The van der Waals surface area contributed by atoms with Gasteiger partial charge < -0.3 is 0 Å². The van der Waals surface area contributed by atoms with E-state index in [2.05, 4.69) is 81.5 Å². The lowest BCUT2D eigenvalue weighted by molar-refractivity contribution is 0.148. The van der Waals surface area contributed by atoms with E-state index >= 15 is 0 Å². The van der Waals surface area contributed by atoms with Crippen LogP contribution in [0.1, 0.15) is 52.0 Å². The monoisotopic (exact) mass is 306 g/mol. The Morgan fingerprint density at radius 2 is 1.87 bits per heavy atom. The van der Waals surface area contributed by atoms with Gasteiger partial charge in [-0.3, -0.25) is 0 Å². The molecule has 23 heavy (non-hydrogen) atoms. The van der Waals surface area contributed by atoms with Crippen LogP contribution in [0.15, 0.2) is 66.3 Å². The molecule has 0 aliphatic heterocycles. The fraction of sp³-hybridized carbons (Fsp3) is 0.478. The van der Waals surface area contributed by atoms with Crippen LogP contribution in [0.5, 0.6) is 0 Å². The molecule has 0 heteroatoms. The lowest BCUT2D eigenvalue weighted by Gasteiger charge is -2.45. The van der Waals surface area contributed by atoms with E-state index in [0.717, 1.165) is 18.3 Å². The van der Waals surface area contributed by atoms with E-state index in [4.69, 9.17) is 0 Å². The normalized spacial score (nSPS) is 31.0. The minimum absolute atomic E-state index is 0.311. The molecular formula is C23H30. The summed E-state index contributed by atoms with van der Waals surface area (Å²) in [5.74, 6) is 2.25. The Balaban J connectivity index is 1.91. The zero-order chi connectivity index (χ0) is 16.3. The molecule has 1 aromatic rings. The molecule has 3 rings (SSSR count). The summed E-state index contributed by atoms with van der Waals surface area (Å²) < 4.78 is 0. The second-order valence-corrected chi connectivity index (χ2v) is 7.91. The lowest BCUT2D eigenvalue weighted by Crippen LogP contribution is -2.37. The molecule has 2 aliphatic rings. The number of hydrogen-bond donors (Lipinski definition) is 0. The van der Waals surface area contributed by atoms with Crippen molar-refractivity contribution >= 4 is 0 Å². The molecule has 0 nitrogen and oxygen atoms in total. The van der Waals surface area contributed by atoms with Gasteiger partial charge in [0.15, 0.2) is 0 Å². The van der Waals surface area contributed by atoms with Gasteiger partial charge in [0, 0.05) is 0 Å². The average molecular weight is 306 g/mol. The first-order valence-electron chi connectivity index (χ1n) is 9.19. The summed E-state index contributed by atoms with van der Waals surface area (Å²) in [5.41, 5.74) is 3.39. The van der Waals surface area contributed by atoms with E-state index in [0.29, 0.717) is 11.3 Å². The molecule has 0 amide bonds. The molecule has 0 aromatic heterocycles. The number of benzene rings is 1. The van der Waals surface area contributed by atoms with Crippen LogP contribution in [-0.4, -0.2) is 0 Å². The highest BCUT2D eigenvalue weighted by Crippen LogP contribution is 2.49. The number of hydrogen-bond acceptors (Lipinski definition) is 0. The Hall–Kier alpha value is -1.56. The van der Waals surface area contributed by atoms with Gasteiger partial charge in [0.2, 0.25) is 0 Å². The number of rotatable bonds is 3. The standard InChI is InChI=1S/C23H30/c1-18(2)21-15-16-23(3,20-13-9-6-10-14-20)17-22(21)19-11-7-4-5-8-12-19/h4-7,9-14,18,21-22H,8,15-17H2,1-3H3. The summed E-state index contributed by atoms with van der Waals surface area (Å²) in [6.45, 7) is 7.29. The molecule has 122 valence electrons. The van der Waals surface area contributed by atoms with Crippen molar-refractivity contribution in [3.05, 3.63) is 71.8 Å². The van der Waals surface area contributed by atoms with E-state index in [-0.39, 0.29) is 0 Å². The van der Waals surface area contributed by atoms with Crippen LogP contribution in [0, 0.1) is 17.8 Å². The summed E-state index contributed by atoms with van der Waals surface area (Å²) in [6, 6.07) is 11.2. The maximum absolute atomic E-state index is 2.48. The second-order valence-electron chi connectivity index (χ2n) is 7.91. The van der Waals surface area contributed by atoms with Crippen molar-refractivity contribution in [2.75, 3.05) is 0 Å². The molecule has 1 fully saturated rings. The molecular weight excluding hydrogens is 276 g/mol. The van der Waals surface area contributed by atoms with Gasteiger partial charge in [-0.15, -0.1) is 0 Å². The third-order valence-corrected chi connectivity index (χ3v) is 6.00. The summed E-state index contributed by atoms with van der Waals surface area (Å²) in [4.78, 5) is 0. The van der Waals surface area contributed by atoms with Crippen molar-refractivity contribution in [2.45, 2.75) is 51.9 Å². The van der Waals surface area contributed by atoms with Crippen molar-refractivity contribution in [1.82, 2.24) is 0 Å². The third kappa shape index (κ3) is 3.52. The van der Waals surface area contributed by atoms with E-state index in [1.807, 2.05) is 0 Å². The highest BCUT2D eigenvalue weighted by Gasteiger charge is 2.40. The molecule has 3 unspecified atom stereocenters. The molecule has 0 saturated heterocycles. The van der Waals surface area contributed by atoms with Gasteiger partial charge in [0.05, 0.1) is 0 Å². The Morgan fingerprint density at radius 1 is 1.09 bits per heavy atom. The molecule has 2 aliphatic carbocycles. The summed E-state index contributed by atoms with van der Waals surface area (Å²) >= 11 is 0. The van der Waals surface area contributed by atoms with Gasteiger partial charge in [-0.05, 0) is 60.0 Å². The Bertz CT molecular complexity index is 602. The Kier molecular flexibility index (Phi) is 4.90. The van der Waals surface area contributed by atoms with Crippen molar-refractivity contribution in [2.24, 2.45) is 17.8 Å². The second kappa shape index (κ2) is 6.91. The fourth-order valence-corrected chi connectivity index (χ4v) is 4.56. The highest BCUT2D eigenvalue weighted by atomic mass is 14.4. The third-order valence-electron chi connectivity index (χ3n) is 6.00. The van der Waals surface area contributed by atoms with Crippen molar-refractivity contribution in [1.29, 1.82) is 0 Å². The quantitative estimate of drug-likeness (QED) is 0.601. The van der Waals surface area contributed by atoms with Crippen LogP contribution in [-0.2, 0) is 5.41 Å². The first-order chi connectivity index (χ1) is 11.1. The molecule has 3 atom stereocenters. The van der Waals surface area contributed by atoms with Crippen molar-refractivity contribution in [3.63, 3.8) is 0 Å². The fourth-order valence-electron chi connectivity index (χ4n) is 4.56. The molecule has 1 saturated carbocycles. The summed E-state index contributed by atoms with van der Waals surface area (Å²) in [6.07, 6.45) is 16.5. The van der Waals surface area contributed by atoms with Gasteiger partial charge in [-0.2, -0.15) is 0 Å². The molecule has 0 bridgehead atoms. The zero-order valence-corrected chi connectivity index (χ0v) is 14.8. The lowest BCUT2D eigenvalue weighted by atomic mass is 9.59. The van der Waals surface area contributed by atoms with Gasteiger partial charge in [0.1, 0.15) is 0 Å². The maximum atomic E-state index is 2.48. The molecule has 0 heterocycles. The van der Waals surface area contributed by atoms with Gasteiger partial charge >= 0.3 is 0 Å². The van der Waals surface area contributed by atoms with Crippen molar-refractivity contribution in [3.8, 4) is 0 Å². The Labute approximate surface area is 142 Å². The van der Waals surface area contributed by atoms with Crippen LogP contribution >= 0.6 is 0 Å². The van der Waals surface area contributed by atoms with Crippen LogP contribution in [0.4, 0.5) is 0 Å².